The predicted octanol–water partition coefficient (Wildman–Crippen LogP) is 0.296. The van der Waals surface area contributed by atoms with Crippen molar-refractivity contribution in [1.82, 2.24) is 14.5 Å². The fraction of sp³-hybridized carbons (Fsp3) is 0.0909. The van der Waals surface area contributed by atoms with E-state index in [1.165, 1.54) is 16.8 Å². The highest BCUT2D eigenvalue weighted by Crippen LogP contribution is 2.16. The summed E-state index contributed by atoms with van der Waals surface area (Å²) < 4.78 is 1.43. The standard InChI is InChI=1S/C11H9N5O/c1-16-6-7(2-3-10(16)17)9-5-14-11(13)8(4-12)15-9/h2-3,5-6H,1H3,(H2,13,14). The number of nitriles is 1. The molecule has 0 aliphatic heterocycles. The van der Waals surface area contributed by atoms with Crippen LogP contribution in [0.5, 0.6) is 0 Å². The van der Waals surface area contributed by atoms with E-state index in [0.717, 1.165) is 0 Å². The Morgan fingerprint density at radius 3 is 2.88 bits per heavy atom. The Balaban J connectivity index is 2.57. The van der Waals surface area contributed by atoms with E-state index in [-0.39, 0.29) is 17.1 Å². The number of rotatable bonds is 1. The van der Waals surface area contributed by atoms with Gasteiger partial charge in [-0.2, -0.15) is 5.26 Å². The summed E-state index contributed by atoms with van der Waals surface area (Å²) in [5.74, 6) is 0.0982. The summed E-state index contributed by atoms with van der Waals surface area (Å²) in [6, 6.07) is 4.92. The van der Waals surface area contributed by atoms with E-state index >= 15 is 0 Å². The smallest absolute Gasteiger partial charge is 0.250 e. The molecule has 2 rings (SSSR count). The monoisotopic (exact) mass is 227 g/mol. The van der Waals surface area contributed by atoms with Crippen LogP contribution in [0, 0.1) is 11.3 Å². The average molecular weight is 227 g/mol. The van der Waals surface area contributed by atoms with Crippen molar-refractivity contribution in [1.29, 1.82) is 5.26 Å². The van der Waals surface area contributed by atoms with Gasteiger partial charge in [-0.15, -0.1) is 0 Å². The fourth-order valence-corrected chi connectivity index (χ4v) is 1.37. The molecule has 0 spiro atoms. The Bertz CT molecular complexity index is 668. The van der Waals surface area contributed by atoms with Crippen molar-refractivity contribution in [3.8, 4) is 17.3 Å². The van der Waals surface area contributed by atoms with E-state index in [4.69, 9.17) is 11.0 Å². The van der Waals surface area contributed by atoms with Gasteiger partial charge in [-0.05, 0) is 6.07 Å². The third kappa shape index (κ3) is 1.99. The minimum Gasteiger partial charge on any atom is -0.381 e. The Morgan fingerprint density at radius 2 is 2.24 bits per heavy atom. The normalized spacial score (nSPS) is 9.88. The molecule has 0 aliphatic carbocycles. The van der Waals surface area contributed by atoms with Crippen LogP contribution in [0.2, 0.25) is 0 Å². The van der Waals surface area contributed by atoms with Crippen LogP contribution in [0.1, 0.15) is 5.69 Å². The summed E-state index contributed by atoms with van der Waals surface area (Å²) >= 11 is 0. The molecule has 0 saturated heterocycles. The molecule has 0 fully saturated rings. The summed E-state index contributed by atoms with van der Waals surface area (Å²) in [5, 5.41) is 8.80. The van der Waals surface area contributed by atoms with E-state index < -0.39 is 0 Å². The van der Waals surface area contributed by atoms with Crippen molar-refractivity contribution >= 4 is 5.82 Å². The van der Waals surface area contributed by atoms with Crippen LogP contribution in [0.3, 0.4) is 0 Å². The van der Waals surface area contributed by atoms with Gasteiger partial charge < -0.3 is 10.3 Å². The third-order valence-corrected chi connectivity index (χ3v) is 2.29. The third-order valence-electron chi connectivity index (χ3n) is 2.29. The number of hydrogen-bond acceptors (Lipinski definition) is 5. The number of pyridine rings is 1. The lowest BCUT2D eigenvalue weighted by molar-refractivity contribution is 0.861. The number of aryl methyl sites for hydroxylation is 1. The van der Waals surface area contributed by atoms with Gasteiger partial charge in [0.25, 0.3) is 0 Å². The molecule has 0 amide bonds. The molecule has 0 saturated carbocycles. The van der Waals surface area contributed by atoms with Crippen molar-refractivity contribution in [2.45, 2.75) is 0 Å². The minimum atomic E-state index is -0.113. The largest absolute Gasteiger partial charge is 0.381 e. The first-order chi connectivity index (χ1) is 8.11. The van der Waals surface area contributed by atoms with Crippen LogP contribution in [0.15, 0.2) is 29.3 Å². The lowest BCUT2D eigenvalue weighted by atomic mass is 10.2. The molecule has 2 heterocycles. The van der Waals surface area contributed by atoms with Gasteiger partial charge in [0.05, 0.1) is 11.9 Å². The zero-order valence-corrected chi connectivity index (χ0v) is 9.08. The van der Waals surface area contributed by atoms with Gasteiger partial charge in [-0.25, -0.2) is 9.97 Å². The molecule has 0 unspecified atom stereocenters. The molecule has 0 bridgehead atoms. The predicted molar refractivity (Wildman–Crippen MR) is 61.8 cm³/mol. The molecule has 0 aliphatic rings. The number of anilines is 1. The highest BCUT2D eigenvalue weighted by atomic mass is 16.1. The Hall–Kier alpha value is -2.68. The number of aromatic nitrogens is 3. The van der Waals surface area contributed by atoms with Crippen molar-refractivity contribution < 1.29 is 0 Å². The van der Waals surface area contributed by atoms with Gasteiger partial charge >= 0.3 is 0 Å². The average Bonchev–Trinajstić information content (AvgIpc) is 2.33. The summed E-state index contributed by atoms with van der Waals surface area (Å²) in [6.07, 6.45) is 3.10. The van der Waals surface area contributed by atoms with Crippen molar-refractivity contribution in [3.63, 3.8) is 0 Å². The van der Waals surface area contributed by atoms with E-state index in [1.807, 2.05) is 6.07 Å². The lowest BCUT2D eigenvalue weighted by Crippen LogP contribution is -2.14. The number of nitrogen functional groups attached to an aromatic ring is 1. The maximum absolute atomic E-state index is 11.2. The first-order valence-corrected chi connectivity index (χ1v) is 4.81. The van der Waals surface area contributed by atoms with E-state index in [9.17, 15) is 4.79 Å². The Morgan fingerprint density at radius 1 is 1.47 bits per heavy atom. The summed E-state index contributed by atoms with van der Waals surface area (Å²) in [4.78, 5) is 19.2. The van der Waals surface area contributed by atoms with Crippen molar-refractivity contribution in [3.05, 3.63) is 40.6 Å². The van der Waals surface area contributed by atoms with Crippen molar-refractivity contribution in [2.75, 3.05) is 5.73 Å². The van der Waals surface area contributed by atoms with E-state index in [1.54, 1.807) is 19.3 Å². The lowest BCUT2D eigenvalue weighted by Gasteiger charge is -2.03. The van der Waals surface area contributed by atoms with Gasteiger partial charge in [0.2, 0.25) is 5.56 Å². The van der Waals surface area contributed by atoms with Crippen molar-refractivity contribution in [2.24, 2.45) is 7.05 Å². The van der Waals surface area contributed by atoms with Gasteiger partial charge in [0.15, 0.2) is 11.5 Å². The summed E-state index contributed by atoms with van der Waals surface area (Å²) in [5.41, 5.74) is 6.66. The SMILES string of the molecule is Cn1cc(-c2cnc(N)c(C#N)n2)ccc1=O. The zero-order valence-electron chi connectivity index (χ0n) is 9.08. The highest BCUT2D eigenvalue weighted by molar-refractivity contribution is 5.59. The highest BCUT2D eigenvalue weighted by Gasteiger charge is 2.06. The van der Waals surface area contributed by atoms with Gasteiger partial charge in [-0.3, -0.25) is 4.79 Å². The molecular formula is C11H9N5O. The van der Waals surface area contributed by atoms with Crippen LogP contribution in [0.4, 0.5) is 5.82 Å². The maximum atomic E-state index is 11.2. The molecule has 17 heavy (non-hydrogen) atoms. The number of nitrogens with zero attached hydrogens (tertiary/aromatic N) is 4. The summed E-state index contributed by atoms with van der Waals surface area (Å²) in [7, 11) is 1.64. The Kier molecular flexibility index (Phi) is 2.58. The first-order valence-electron chi connectivity index (χ1n) is 4.81. The van der Waals surface area contributed by atoms with Gasteiger partial charge in [0, 0.05) is 24.9 Å². The topological polar surface area (TPSA) is 97.6 Å². The molecule has 6 nitrogen and oxygen atoms in total. The van der Waals surface area contributed by atoms with Gasteiger partial charge in [0.1, 0.15) is 6.07 Å². The molecule has 2 aromatic heterocycles. The molecule has 0 radical (unpaired) electrons. The second-order valence-corrected chi connectivity index (χ2v) is 3.47. The van der Waals surface area contributed by atoms with Crippen LogP contribution < -0.4 is 11.3 Å². The molecule has 6 heteroatoms. The van der Waals surface area contributed by atoms with E-state index in [2.05, 4.69) is 9.97 Å². The molecule has 84 valence electrons. The molecule has 0 atom stereocenters. The van der Waals surface area contributed by atoms with Gasteiger partial charge in [-0.1, -0.05) is 0 Å². The maximum Gasteiger partial charge on any atom is 0.250 e. The Labute approximate surface area is 97.0 Å². The summed E-state index contributed by atoms with van der Waals surface area (Å²) in [6.45, 7) is 0. The van der Waals surface area contributed by atoms with Crippen LogP contribution >= 0.6 is 0 Å². The second kappa shape index (κ2) is 4.06. The van der Waals surface area contributed by atoms with E-state index in [0.29, 0.717) is 11.3 Å². The minimum absolute atomic E-state index is 0.0800. The van der Waals surface area contributed by atoms with Crippen LogP contribution in [-0.2, 0) is 7.05 Å². The fourth-order valence-electron chi connectivity index (χ4n) is 1.37. The molecule has 2 aromatic rings. The molecule has 0 aromatic carbocycles. The van der Waals surface area contributed by atoms with Crippen LogP contribution in [0.25, 0.3) is 11.3 Å². The quantitative estimate of drug-likeness (QED) is 0.755. The second-order valence-electron chi connectivity index (χ2n) is 3.47. The first kappa shape index (κ1) is 10.8. The zero-order chi connectivity index (χ0) is 12.4. The van der Waals surface area contributed by atoms with Crippen LogP contribution in [-0.4, -0.2) is 14.5 Å². The number of nitrogens with two attached hydrogens (primary N) is 1. The number of hydrogen-bond donors (Lipinski definition) is 1. The molecular weight excluding hydrogens is 218 g/mol. The molecule has 2 N–H and O–H groups in total.